The molecule has 16 nitrogen and oxygen atoms in total. The lowest BCUT2D eigenvalue weighted by Gasteiger charge is -2.17. The van der Waals surface area contributed by atoms with E-state index in [-0.39, 0.29) is 64.5 Å². The van der Waals surface area contributed by atoms with Crippen molar-refractivity contribution in [1.29, 1.82) is 0 Å². The molecule has 16 heteroatoms. The molecule has 3 heterocycles. The Hall–Kier alpha value is -6.10. The number of aliphatic hydroxyl groups excluding tert-OH is 2. The van der Waals surface area contributed by atoms with Gasteiger partial charge in [0.1, 0.15) is 35.2 Å². The van der Waals surface area contributed by atoms with Crippen molar-refractivity contribution in [3.05, 3.63) is 98.7 Å². The van der Waals surface area contributed by atoms with Crippen molar-refractivity contribution < 1.29 is 48.7 Å². The number of anilines is 1. The number of amides is 1. The second kappa shape index (κ2) is 13.6. The molecule has 1 amide bonds. The zero-order valence-corrected chi connectivity index (χ0v) is 25.4. The molecule has 3 aliphatic rings. The first-order valence-corrected chi connectivity index (χ1v) is 14.9. The SMILES string of the molecule is O=C(NCCNc1ccn([C@H]2C[C@H](O)[C@@H](CO)O2)c(=O)n1)OC(=O)c1ccc(-c2c3ccc(=O)cc-3oc3cc(O)ccc23)c(C(=O)O)c1. The van der Waals surface area contributed by atoms with Crippen LogP contribution in [0.1, 0.15) is 33.4 Å². The van der Waals surface area contributed by atoms with Crippen LogP contribution >= 0.6 is 0 Å². The van der Waals surface area contributed by atoms with Gasteiger partial charge in [0.25, 0.3) is 0 Å². The van der Waals surface area contributed by atoms with Crippen molar-refractivity contribution in [2.24, 2.45) is 0 Å². The van der Waals surface area contributed by atoms with Crippen LogP contribution in [-0.2, 0) is 9.47 Å². The maximum atomic E-state index is 12.8. The molecule has 6 N–H and O–H groups in total. The van der Waals surface area contributed by atoms with Crippen molar-refractivity contribution in [3.8, 4) is 28.2 Å². The summed E-state index contributed by atoms with van der Waals surface area (Å²) in [5.74, 6) is -2.27. The molecule has 0 spiro atoms. The standard InChI is InChI=1S/C33H28N4O12/c38-15-26-23(41)14-28(48-26)37-10-7-27(36-32(37)45)34-8-9-35-33(46)49-31(44)16-1-4-19(22(11-16)30(42)43)29-20-5-2-17(39)12-24(20)47-25-13-18(40)3-6-21(25)29/h1-7,10-13,23,26,28,38-39,41H,8-9,14-15H2,(H,35,46)(H,42,43)(H,34,36,45)/t23-,26+,28+/m0/s1. The summed E-state index contributed by atoms with van der Waals surface area (Å²) in [6.45, 7) is -0.359. The Morgan fingerprint density at radius 3 is 2.53 bits per heavy atom. The molecule has 252 valence electrons. The minimum Gasteiger partial charge on any atom is -0.508 e. The van der Waals surface area contributed by atoms with E-state index in [1.807, 2.05) is 0 Å². The first-order chi connectivity index (χ1) is 23.5. The van der Waals surface area contributed by atoms with Crippen molar-refractivity contribution in [2.45, 2.75) is 24.9 Å². The van der Waals surface area contributed by atoms with Crippen LogP contribution in [0.25, 0.3) is 33.4 Å². The average molecular weight is 673 g/mol. The number of aromatic nitrogens is 2. The van der Waals surface area contributed by atoms with Gasteiger partial charge in [0, 0.05) is 54.4 Å². The minimum absolute atomic E-state index is 0.0495. The van der Waals surface area contributed by atoms with Gasteiger partial charge >= 0.3 is 23.7 Å². The number of aromatic hydroxyl groups is 1. The van der Waals surface area contributed by atoms with Crippen LogP contribution in [0, 0.1) is 0 Å². The molecule has 1 saturated heterocycles. The van der Waals surface area contributed by atoms with Crippen LogP contribution in [0.4, 0.5) is 10.6 Å². The zero-order chi connectivity index (χ0) is 34.8. The van der Waals surface area contributed by atoms with Crippen molar-refractivity contribution >= 4 is 34.8 Å². The number of esters is 1. The van der Waals surface area contributed by atoms with E-state index in [9.17, 15) is 44.4 Å². The van der Waals surface area contributed by atoms with Gasteiger partial charge in [-0.25, -0.2) is 19.2 Å². The normalized spacial score (nSPS) is 17.2. The molecule has 0 unspecified atom stereocenters. The number of hydrogen-bond acceptors (Lipinski definition) is 13. The fourth-order valence-corrected chi connectivity index (χ4v) is 5.53. The summed E-state index contributed by atoms with van der Waals surface area (Å²) in [6.07, 6.45) is -2.09. The number of fused-ring (bicyclic) bond motifs is 2. The number of ether oxygens (including phenoxy) is 2. The number of alkyl carbamates (subject to hydrolysis) is 1. The lowest BCUT2D eigenvalue weighted by Crippen LogP contribution is -2.32. The Kier molecular flexibility index (Phi) is 9.08. The number of carboxylic acids is 1. The first kappa shape index (κ1) is 32.8. The molecular formula is C33H28N4O12. The highest BCUT2D eigenvalue weighted by Crippen LogP contribution is 2.42. The quantitative estimate of drug-likeness (QED) is 0.0569. The molecule has 0 saturated carbocycles. The van der Waals surface area contributed by atoms with Gasteiger partial charge in [0.2, 0.25) is 0 Å². The molecule has 2 aliphatic heterocycles. The van der Waals surface area contributed by atoms with Gasteiger partial charge in [0.05, 0.1) is 23.8 Å². The third kappa shape index (κ3) is 6.82. The maximum absolute atomic E-state index is 12.8. The van der Waals surface area contributed by atoms with E-state index in [4.69, 9.17) is 13.9 Å². The molecule has 3 aromatic rings. The van der Waals surface area contributed by atoms with E-state index < -0.39 is 48.8 Å². The second-order valence-corrected chi connectivity index (χ2v) is 11.0. The summed E-state index contributed by atoms with van der Waals surface area (Å²) >= 11 is 0. The van der Waals surface area contributed by atoms with Crippen molar-refractivity contribution in [3.63, 3.8) is 0 Å². The average Bonchev–Trinajstić information content (AvgIpc) is 3.45. The Morgan fingerprint density at radius 2 is 1.80 bits per heavy atom. The van der Waals surface area contributed by atoms with Gasteiger partial charge in [-0.15, -0.1) is 0 Å². The molecule has 6 rings (SSSR count). The van der Waals surface area contributed by atoms with Crippen LogP contribution in [0.2, 0.25) is 0 Å². The lowest BCUT2D eigenvalue weighted by atomic mass is 9.90. The summed E-state index contributed by atoms with van der Waals surface area (Å²) in [5, 5.41) is 44.9. The largest absolute Gasteiger partial charge is 0.508 e. The molecule has 1 fully saturated rings. The molecule has 3 atom stereocenters. The van der Waals surface area contributed by atoms with Crippen LogP contribution in [0.5, 0.6) is 5.75 Å². The summed E-state index contributed by atoms with van der Waals surface area (Å²) in [6, 6.07) is 13.5. The van der Waals surface area contributed by atoms with Gasteiger partial charge in [-0.1, -0.05) is 6.07 Å². The van der Waals surface area contributed by atoms with Crippen LogP contribution in [-0.4, -0.2) is 79.9 Å². The van der Waals surface area contributed by atoms with E-state index in [1.54, 1.807) is 0 Å². The van der Waals surface area contributed by atoms with Gasteiger partial charge in [0.15, 0.2) is 5.43 Å². The summed E-state index contributed by atoms with van der Waals surface area (Å²) in [7, 11) is 0. The van der Waals surface area contributed by atoms with Crippen LogP contribution in [0.3, 0.4) is 0 Å². The Bertz CT molecular complexity index is 2180. The zero-order valence-electron chi connectivity index (χ0n) is 25.4. The number of carboxylic acid groups (broad SMARTS) is 1. The van der Waals surface area contributed by atoms with E-state index >= 15 is 0 Å². The number of carbonyl (C=O) groups is 3. The molecule has 2 aromatic carbocycles. The number of phenolic OH excluding ortho intramolecular Hbond substituents is 1. The molecule has 1 aromatic heterocycles. The Labute approximate surface area is 275 Å². The summed E-state index contributed by atoms with van der Waals surface area (Å²) < 4.78 is 17.3. The van der Waals surface area contributed by atoms with Gasteiger partial charge in [-0.3, -0.25) is 9.36 Å². The highest BCUT2D eigenvalue weighted by atomic mass is 16.6. The lowest BCUT2D eigenvalue weighted by molar-refractivity contribution is -0.0458. The summed E-state index contributed by atoms with van der Waals surface area (Å²) in [5.41, 5.74) is -0.365. The fourth-order valence-electron chi connectivity index (χ4n) is 5.53. The fraction of sp³-hybridized carbons (Fsp3) is 0.212. The van der Waals surface area contributed by atoms with Gasteiger partial charge in [-0.05, 0) is 48.0 Å². The molecule has 0 bridgehead atoms. The highest BCUT2D eigenvalue weighted by Gasteiger charge is 2.35. The third-order valence-corrected chi connectivity index (χ3v) is 7.84. The monoisotopic (exact) mass is 672 g/mol. The number of aromatic carboxylic acids is 1. The number of benzene rings is 3. The minimum atomic E-state index is -1.38. The second-order valence-electron chi connectivity index (χ2n) is 11.0. The number of nitrogens with zero attached hydrogens (tertiary/aromatic N) is 2. The van der Waals surface area contributed by atoms with Crippen molar-refractivity contribution in [2.75, 3.05) is 25.0 Å². The number of phenols is 1. The number of rotatable bonds is 9. The Balaban J connectivity index is 1.12. The van der Waals surface area contributed by atoms with Gasteiger partial charge in [-0.2, -0.15) is 4.98 Å². The predicted octanol–water partition coefficient (Wildman–Crippen LogP) is 2.14. The van der Waals surface area contributed by atoms with E-state index in [2.05, 4.69) is 15.6 Å². The first-order valence-electron chi connectivity index (χ1n) is 14.9. The topological polar surface area (TPSA) is 240 Å². The van der Waals surface area contributed by atoms with Gasteiger partial charge < -0.3 is 45.0 Å². The summed E-state index contributed by atoms with van der Waals surface area (Å²) in [4.78, 5) is 65.9. The van der Waals surface area contributed by atoms with Crippen molar-refractivity contribution in [1.82, 2.24) is 14.9 Å². The number of nitrogens with one attached hydrogen (secondary N) is 2. The number of aliphatic hydroxyl groups is 2. The van der Waals surface area contributed by atoms with Crippen LogP contribution < -0.4 is 21.8 Å². The molecular weight excluding hydrogens is 644 g/mol. The molecule has 1 aliphatic carbocycles. The number of carbonyl (C=O) groups excluding carboxylic acids is 2. The molecule has 49 heavy (non-hydrogen) atoms. The predicted molar refractivity (Wildman–Crippen MR) is 171 cm³/mol. The van der Waals surface area contributed by atoms with E-state index in [1.165, 1.54) is 65.4 Å². The smallest absolute Gasteiger partial charge is 0.415 e. The molecule has 0 radical (unpaired) electrons. The van der Waals surface area contributed by atoms with Crippen LogP contribution in [0.15, 0.2) is 80.9 Å². The number of hydrogen-bond donors (Lipinski definition) is 6. The highest BCUT2D eigenvalue weighted by molar-refractivity contribution is 6.09. The Morgan fingerprint density at radius 1 is 1.00 bits per heavy atom. The van der Waals surface area contributed by atoms with E-state index in [0.717, 1.165) is 6.07 Å². The maximum Gasteiger partial charge on any atom is 0.415 e. The third-order valence-electron chi connectivity index (χ3n) is 7.84. The van der Waals surface area contributed by atoms with E-state index in [0.29, 0.717) is 16.5 Å².